The lowest BCUT2D eigenvalue weighted by Gasteiger charge is -2.23. The van der Waals surface area contributed by atoms with E-state index in [1.54, 1.807) is 0 Å². The molecule has 0 radical (unpaired) electrons. The average Bonchev–Trinajstić information content (AvgIpc) is 3.66. The van der Waals surface area contributed by atoms with Crippen molar-refractivity contribution in [3.63, 3.8) is 0 Å². The van der Waals surface area contributed by atoms with Crippen LogP contribution in [0.15, 0.2) is 174 Å². The Hall–Kier alpha value is -6.44. The van der Waals surface area contributed by atoms with Gasteiger partial charge >= 0.3 is 0 Å². The third-order valence-electron chi connectivity index (χ3n) is 11.6. The van der Waals surface area contributed by atoms with Crippen LogP contribution in [0.4, 0.5) is 0 Å². The van der Waals surface area contributed by atoms with Crippen LogP contribution in [0.25, 0.3) is 98.8 Å². The van der Waals surface area contributed by atoms with Crippen LogP contribution in [0.2, 0.25) is 0 Å². The maximum atomic E-state index is 6.65. The maximum Gasteiger partial charge on any atom is 0.143 e. The second kappa shape index (κ2) is 10.8. The van der Waals surface area contributed by atoms with Crippen molar-refractivity contribution in [2.24, 2.45) is 0 Å². The third kappa shape index (κ3) is 4.11. The van der Waals surface area contributed by atoms with E-state index in [9.17, 15) is 0 Å². The summed E-state index contributed by atoms with van der Waals surface area (Å²) in [5.74, 6) is 0. The molecule has 1 aliphatic rings. The highest BCUT2D eigenvalue weighted by molar-refractivity contribution is 6.21. The molecule has 9 aromatic carbocycles. The van der Waals surface area contributed by atoms with Gasteiger partial charge in [0.15, 0.2) is 0 Å². The lowest BCUT2D eigenvalue weighted by atomic mass is 9.80. The van der Waals surface area contributed by atoms with E-state index < -0.39 is 0 Å². The van der Waals surface area contributed by atoms with Crippen LogP contribution < -0.4 is 0 Å². The number of hydrogen-bond acceptors (Lipinski definition) is 1. The molecule has 11 rings (SSSR count). The first kappa shape index (κ1) is 29.3. The third-order valence-corrected chi connectivity index (χ3v) is 11.6. The Morgan fingerprint density at radius 1 is 0.365 bits per heavy atom. The van der Waals surface area contributed by atoms with Crippen LogP contribution in [0.1, 0.15) is 25.0 Å². The molecule has 0 amide bonds. The van der Waals surface area contributed by atoms with Crippen molar-refractivity contribution in [3.05, 3.63) is 181 Å². The fourth-order valence-electron chi connectivity index (χ4n) is 9.13. The summed E-state index contributed by atoms with van der Waals surface area (Å²) in [5, 5.41) is 9.86. The molecule has 0 saturated heterocycles. The van der Waals surface area contributed by atoms with Crippen molar-refractivity contribution in [2.75, 3.05) is 0 Å². The molecular formula is C51H34O. The minimum atomic E-state index is -0.189. The molecule has 0 fully saturated rings. The molecule has 52 heavy (non-hydrogen) atoms. The van der Waals surface area contributed by atoms with E-state index in [0.717, 1.165) is 27.5 Å². The zero-order chi connectivity index (χ0) is 34.6. The Balaban J connectivity index is 1.07. The van der Waals surface area contributed by atoms with E-state index in [-0.39, 0.29) is 5.41 Å². The molecule has 0 unspecified atom stereocenters. The Labute approximate surface area is 302 Å². The molecule has 0 spiro atoms. The Kier molecular flexibility index (Phi) is 6.08. The fraction of sp³-hybridized carbons (Fsp3) is 0.0588. The Bertz CT molecular complexity index is 3030. The van der Waals surface area contributed by atoms with Crippen molar-refractivity contribution < 1.29 is 4.42 Å². The largest absolute Gasteiger partial charge is 0.455 e. The summed E-state index contributed by atoms with van der Waals surface area (Å²) < 4.78 is 6.65. The summed E-state index contributed by atoms with van der Waals surface area (Å²) in [5.41, 5.74) is 14.4. The molecule has 0 N–H and O–H groups in total. The first-order valence-electron chi connectivity index (χ1n) is 18.2. The maximum absolute atomic E-state index is 6.65. The summed E-state index contributed by atoms with van der Waals surface area (Å²) in [6.45, 7) is 4.76. The summed E-state index contributed by atoms with van der Waals surface area (Å²) in [6.07, 6.45) is 0. The van der Waals surface area contributed by atoms with Crippen molar-refractivity contribution in [1.29, 1.82) is 0 Å². The van der Waals surface area contributed by atoms with Gasteiger partial charge in [0, 0.05) is 21.8 Å². The molecule has 1 heterocycles. The van der Waals surface area contributed by atoms with Gasteiger partial charge in [0.2, 0.25) is 0 Å². The quantitative estimate of drug-likeness (QED) is 0.172. The standard InChI is InChI=1S/C51H34O/c1-51(2)45-28-34(36-21-12-22-43-44-27-32-15-6-7-16-33(32)30-47(44)52-50(36)43)23-25-37(45)38-26-24-35(29-46(38)51)49-41-19-10-8-17-39(41)48(31-13-4-3-5-14-31)40-18-9-11-20-42(40)49/h3-30H,1-2H3. The van der Waals surface area contributed by atoms with E-state index in [1.807, 2.05) is 0 Å². The Morgan fingerprint density at radius 2 is 0.885 bits per heavy atom. The smallest absolute Gasteiger partial charge is 0.143 e. The van der Waals surface area contributed by atoms with E-state index in [1.165, 1.54) is 82.4 Å². The topological polar surface area (TPSA) is 13.1 Å². The first-order chi connectivity index (χ1) is 25.5. The lowest BCUT2D eigenvalue weighted by Crippen LogP contribution is -2.15. The number of para-hydroxylation sites is 1. The highest BCUT2D eigenvalue weighted by atomic mass is 16.3. The number of hydrogen-bond donors (Lipinski definition) is 0. The van der Waals surface area contributed by atoms with Crippen LogP contribution in [-0.2, 0) is 5.41 Å². The van der Waals surface area contributed by atoms with E-state index in [0.29, 0.717) is 0 Å². The minimum Gasteiger partial charge on any atom is -0.455 e. The minimum absolute atomic E-state index is 0.189. The van der Waals surface area contributed by atoms with Crippen LogP contribution in [0.3, 0.4) is 0 Å². The summed E-state index contributed by atoms with van der Waals surface area (Å²) >= 11 is 0. The van der Waals surface area contributed by atoms with Crippen LogP contribution in [-0.4, -0.2) is 0 Å². The van der Waals surface area contributed by atoms with Crippen LogP contribution in [0.5, 0.6) is 0 Å². The monoisotopic (exact) mass is 662 g/mol. The normalized spacial score (nSPS) is 13.3. The van der Waals surface area contributed by atoms with E-state index >= 15 is 0 Å². The van der Waals surface area contributed by atoms with Gasteiger partial charge < -0.3 is 4.42 Å². The molecule has 10 aromatic rings. The zero-order valence-electron chi connectivity index (χ0n) is 29.1. The highest BCUT2D eigenvalue weighted by Crippen LogP contribution is 2.52. The van der Waals surface area contributed by atoms with Gasteiger partial charge in [-0.25, -0.2) is 0 Å². The van der Waals surface area contributed by atoms with Crippen molar-refractivity contribution in [1.82, 2.24) is 0 Å². The van der Waals surface area contributed by atoms with Crippen LogP contribution in [0, 0.1) is 0 Å². The highest BCUT2D eigenvalue weighted by Gasteiger charge is 2.36. The van der Waals surface area contributed by atoms with Crippen LogP contribution >= 0.6 is 0 Å². The van der Waals surface area contributed by atoms with Gasteiger partial charge in [-0.3, -0.25) is 0 Å². The van der Waals surface area contributed by atoms with Gasteiger partial charge in [-0.2, -0.15) is 0 Å². The van der Waals surface area contributed by atoms with Gasteiger partial charge in [0.25, 0.3) is 0 Å². The van der Waals surface area contributed by atoms with Gasteiger partial charge in [0.1, 0.15) is 11.2 Å². The van der Waals surface area contributed by atoms with Gasteiger partial charge in [-0.05, 0) is 107 Å². The average molecular weight is 663 g/mol. The molecule has 244 valence electrons. The van der Waals surface area contributed by atoms with Crippen molar-refractivity contribution >= 4 is 54.3 Å². The summed E-state index contributed by atoms with van der Waals surface area (Å²) in [4.78, 5) is 0. The predicted molar refractivity (Wildman–Crippen MR) is 220 cm³/mol. The Morgan fingerprint density at radius 3 is 1.54 bits per heavy atom. The van der Waals surface area contributed by atoms with Crippen molar-refractivity contribution in [2.45, 2.75) is 19.3 Å². The number of benzene rings is 9. The molecular weight excluding hydrogens is 629 g/mol. The molecule has 0 bridgehead atoms. The zero-order valence-corrected chi connectivity index (χ0v) is 29.1. The molecule has 0 aliphatic heterocycles. The molecule has 1 nitrogen and oxygen atoms in total. The summed E-state index contributed by atoms with van der Waals surface area (Å²) in [6, 6.07) is 62.4. The van der Waals surface area contributed by atoms with Gasteiger partial charge in [-0.15, -0.1) is 0 Å². The fourth-order valence-corrected chi connectivity index (χ4v) is 9.13. The first-order valence-corrected chi connectivity index (χ1v) is 18.2. The summed E-state index contributed by atoms with van der Waals surface area (Å²) in [7, 11) is 0. The molecule has 0 saturated carbocycles. The van der Waals surface area contributed by atoms with Crippen molar-refractivity contribution in [3.8, 4) is 44.5 Å². The second-order valence-corrected chi connectivity index (χ2v) is 14.8. The van der Waals surface area contributed by atoms with E-state index in [4.69, 9.17) is 4.42 Å². The molecule has 1 aromatic heterocycles. The molecule has 0 atom stereocenters. The van der Waals surface area contributed by atoms with E-state index in [2.05, 4.69) is 184 Å². The predicted octanol–water partition coefficient (Wildman–Crippen LogP) is 14.4. The second-order valence-electron chi connectivity index (χ2n) is 14.8. The van der Waals surface area contributed by atoms with Gasteiger partial charge in [-0.1, -0.05) is 159 Å². The number of furan rings is 1. The SMILES string of the molecule is CC1(C)c2cc(-c3c4ccccc4c(-c4ccccc4)c4ccccc34)ccc2-c2ccc(-c3cccc4c3oc3cc5ccccc5cc34)cc21. The molecule has 1 heteroatoms. The molecule has 1 aliphatic carbocycles. The number of rotatable bonds is 3. The number of fused-ring (bicyclic) bond motifs is 9. The lowest BCUT2D eigenvalue weighted by molar-refractivity contribution is 0.660. The van der Waals surface area contributed by atoms with Gasteiger partial charge in [0.05, 0.1) is 0 Å².